The van der Waals surface area contributed by atoms with Gasteiger partial charge in [-0.25, -0.2) is 0 Å². The quantitative estimate of drug-likeness (QED) is 0.542. The van der Waals surface area contributed by atoms with E-state index in [9.17, 15) is 0 Å². The highest BCUT2D eigenvalue weighted by Gasteiger charge is 2.32. The average Bonchev–Trinajstić information content (AvgIpc) is 2.17. The van der Waals surface area contributed by atoms with Crippen molar-refractivity contribution in [2.24, 2.45) is 17.8 Å². The van der Waals surface area contributed by atoms with Crippen LogP contribution < -0.4 is 0 Å². The zero-order valence-electron chi connectivity index (χ0n) is 10.6. The van der Waals surface area contributed by atoms with Crippen LogP contribution in [0.25, 0.3) is 0 Å². The molecule has 0 saturated carbocycles. The summed E-state index contributed by atoms with van der Waals surface area (Å²) in [5.41, 5.74) is 5.09. The largest absolute Gasteiger partial charge is 0.0781 e. The maximum Gasteiger partial charge on any atom is 0.00128 e. The normalized spacial score (nSPS) is 31.7. The Kier molecular flexibility index (Phi) is 3.04. The molecule has 2 rings (SSSR count). The summed E-state index contributed by atoms with van der Waals surface area (Å²) in [6.07, 6.45) is 7.95. The summed E-state index contributed by atoms with van der Waals surface area (Å²) in [5.74, 6) is 2.52. The van der Waals surface area contributed by atoms with Crippen LogP contribution in [0.5, 0.6) is 0 Å². The van der Waals surface area contributed by atoms with Crippen LogP contribution in [0.2, 0.25) is 0 Å². The van der Waals surface area contributed by atoms with Gasteiger partial charge in [-0.2, -0.15) is 0 Å². The van der Waals surface area contributed by atoms with Crippen molar-refractivity contribution in [1.82, 2.24) is 0 Å². The molecule has 0 fully saturated rings. The third-order valence-corrected chi connectivity index (χ3v) is 4.37. The Morgan fingerprint density at radius 3 is 2.53 bits per heavy atom. The van der Waals surface area contributed by atoms with Gasteiger partial charge >= 0.3 is 0 Å². The SMILES string of the molecule is CC1=C[C@H]2C(=C(C)CC[C@@H]2C(C)C)CC1. The van der Waals surface area contributed by atoms with Gasteiger partial charge in [-0.1, -0.05) is 36.6 Å². The van der Waals surface area contributed by atoms with Crippen LogP contribution in [0.1, 0.15) is 53.4 Å². The molecule has 0 heterocycles. The summed E-state index contributed by atoms with van der Waals surface area (Å²) < 4.78 is 0. The molecular formula is C15H24. The van der Waals surface area contributed by atoms with E-state index in [2.05, 4.69) is 33.8 Å². The van der Waals surface area contributed by atoms with E-state index < -0.39 is 0 Å². The molecule has 0 aromatic carbocycles. The van der Waals surface area contributed by atoms with Gasteiger partial charge in [0.1, 0.15) is 0 Å². The van der Waals surface area contributed by atoms with Crippen LogP contribution in [-0.4, -0.2) is 0 Å². The van der Waals surface area contributed by atoms with Crippen molar-refractivity contribution >= 4 is 0 Å². The number of fused-ring (bicyclic) bond motifs is 1. The van der Waals surface area contributed by atoms with Crippen molar-refractivity contribution in [3.05, 3.63) is 22.8 Å². The van der Waals surface area contributed by atoms with Gasteiger partial charge in [0, 0.05) is 5.92 Å². The second-order valence-corrected chi connectivity index (χ2v) is 5.79. The van der Waals surface area contributed by atoms with E-state index in [1.165, 1.54) is 25.7 Å². The second kappa shape index (κ2) is 4.15. The van der Waals surface area contributed by atoms with Gasteiger partial charge in [0.15, 0.2) is 0 Å². The predicted octanol–water partition coefficient (Wildman–Crippen LogP) is 4.73. The third kappa shape index (κ3) is 2.04. The molecule has 0 aromatic heterocycles. The highest BCUT2D eigenvalue weighted by atomic mass is 14.4. The predicted molar refractivity (Wildman–Crippen MR) is 66.7 cm³/mol. The first-order valence-corrected chi connectivity index (χ1v) is 6.45. The van der Waals surface area contributed by atoms with Crippen molar-refractivity contribution < 1.29 is 0 Å². The van der Waals surface area contributed by atoms with Gasteiger partial charge < -0.3 is 0 Å². The highest BCUT2D eigenvalue weighted by Crippen LogP contribution is 2.44. The lowest BCUT2D eigenvalue weighted by Crippen LogP contribution is -2.27. The maximum atomic E-state index is 2.56. The Morgan fingerprint density at radius 2 is 1.87 bits per heavy atom. The summed E-state index contributed by atoms with van der Waals surface area (Å²) >= 11 is 0. The topological polar surface area (TPSA) is 0 Å². The molecule has 0 aliphatic heterocycles. The van der Waals surface area contributed by atoms with E-state index >= 15 is 0 Å². The molecule has 2 aliphatic rings. The maximum absolute atomic E-state index is 2.56. The van der Waals surface area contributed by atoms with Crippen molar-refractivity contribution in [3.8, 4) is 0 Å². The molecule has 0 radical (unpaired) electrons. The third-order valence-electron chi connectivity index (χ3n) is 4.37. The summed E-state index contributed by atoms with van der Waals surface area (Å²) in [6, 6.07) is 0. The average molecular weight is 204 g/mol. The molecule has 0 unspecified atom stereocenters. The molecule has 2 atom stereocenters. The fraction of sp³-hybridized carbons (Fsp3) is 0.733. The number of rotatable bonds is 1. The Labute approximate surface area is 94.5 Å². The molecule has 84 valence electrons. The van der Waals surface area contributed by atoms with E-state index in [0.717, 1.165) is 17.8 Å². The van der Waals surface area contributed by atoms with E-state index in [1.807, 2.05) is 0 Å². The van der Waals surface area contributed by atoms with Gasteiger partial charge in [0.2, 0.25) is 0 Å². The number of allylic oxidation sites excluding steroid dienone is 4. The molecule has 0 spiro atoms. The Morgan fingerprint density at radius 1 is 1.13 bits per heavy atom. The summed E-state index contributed by atoms with van der Waals surface area (Å²) in [6.45, 7) is 9.44. The minimum absolute atomic E-state index is 0.785. The molecule has 0 amide bonds. The van der Waals surface area contributed by atoms with Crippen molar-refractivity contribution in [2.75, 3.05) is 0 Å². The Hall–Kier alpha value is -0.520. The van der Waals surface area contributed by atoms with Crippen LogP contribution in [-0.2, 0) is 0 Å². The van der Waals surface area contributed by atoms with Gasteiger partial charge in [-0.3, -0.25) is 0 Å². The lowest BCUT2D eigenvalue weighted by molar-refractivity contribution is 0.277. The lowest BCUT2D eigenvalue weighted by Gasteiger charge is -2.38. The van der Waals surface area contributed by atoms with E-state index in [1.54, 1.807) is 16.7 Å². The number of hydrogen-bond donors (Lipinski definition) is 0. The van der Waals surface area contributed by atoms with E-state index in [4.69, 9.17) is 0 Å². The Balaban J connectivity index is 2.33. The fourth-order valence-electron chi connectivity index (χ4n) is 3.34. The molecule has 0 nitrogen and oxygen atoms in total. The van der Waals surface area contributed by atoms with Crippen molar-refractivity contribution in [1.29, 1.82) is 0 Å². The second-order valence-electron chi connectivity index (χ2n) is 5.79. The van der Waals surface area contributed by atoms with E-state index in [-0.39, 0.29) is 0 Å². The molecule has 0 heteroatoms. The summed E-state index contributed by atoms with van der Waals surface area (Å²) in [7, 11) is 0. The van der Waals surface area contributed by atoms with Crippen molar-refractivity contribution in [2.45, 2.75) is 53.4 Å². The molecule has 15 heavy (non-hydrogen) atoms. The molecule has 0 aromatic rings. The van der Waals surface area contributed by atoms with Crippen LogP contribution in [0.4, 0.5) is 0 Å². The van der Waals surface area contributed by atoms with Gasteiger partial charge in [0.05, 0.1) is 0 Å². The summed E-state index contributed by atoms with van der Waals surface area (Å²) in [4.78, 5) is 0. The van der Waals surface area contributed by atoms with Crippen LogP contribution in [0.15, 0.2) is 22.8 Å². The smallest absolute Gasteiger partial charge is 0.00128 e. The van der Waals surface area contributed by atoms with Crippen molar-refractivity contribution in [3.63, 3.8) is 0 Å². The number of hydrogen-bond acceptors (Lipinski definition) is 0. The van der Waals surface area contributed by atoms with Crippen LogP contribution in [0.3, 0.4) is 0 Å². The highest BCUT2D eigenvalue weighted by molar-refractivity contribution is 5.30. The molecular weight excluding hydrogens is 180 g/mol. The standard InChI is InChI=1S/C15H24/c1-10(2)13-8-6-12(4)14-7-5-11(3)9-15(13)14/h9-10,13,15H,5-8H2,1-4H3/t13-,15-/m1/s1. The van der Waals surface area contributed by atoms with Crippen LogP contribution >= 0.6 is 0 Å². The first-order chi connectivity index (χ1) is 7.09. The minimum Gasteiger partial charge on any atom is -0.0781 e. The fourth-order valence-corrected chi connectivity index (χ4v) is 3.34. The minimum atomic E-state index is 0.785. The first kappa shape index (κ1) is 11.0. The molecule has 0 saturated heterocycles. The van der Waals surface area contributed by atoms with Crippen LogP contribution in [0, 0.1) is 17.8 Å². The monoisotopic (exact) mass is 204 g/mol. The zero-order chi connectivity index (χ0) is 11.0. The Bertz CT molecular complexity index is 304. The van der Waals surface area contributed by atoms with Gasteiger partial charge in [-0.05, 0) is 51.4 Å². The molecule has 2 aliphatic carbocycles. The summed E-state index contributed by atoms with van der Waals surface area (Å²) in [5, 5.41) is 0. The van der Waals surface area contributed by atoms with Gasteiger partial charge in [-0.15, -0.1) is 0 Å². The molecule has 0 bridgehead atoms. The first-order valence-electron chi connectivity index (χ1n) is 6.45. The van der Waals surface area contributed by atoms with Gasteiger partial charge in [0.25, 0.3) is 0 Å². The lowest BCUT2D eigenvalue weighted by atomic mass is 9.67. The molecule has 0 N–H and O–H groups in total. The zero-order valence-corrected chi connectivity index (χ0v) is 10.6. The van der Waals surface area contributed by atoms with E-state index in [0.29, 0.717) is 0 Å².